The summed E-state index contributed by atoms with van der Waals surface area (Å²) in [5.41, 5.74) is 3.45. The molecule has 0 atom stereocenters. The number of benzene rings is 2. The molecule has 4 heteroatoms. The predicted octanol–water partition coefficient (Wildman–Crippen LogP) is 3.07. The van der Waals surface area contributed by atoms with Gasteiger partial charge < -0.3 is 15.5 Å². The lowest BCUT2D eigenvalue weighted by atomic mass is 10.1. The van der Waals surface area contributed by atoms with Gasteiger partial charge in [0, 0.05) is 37.4 Å². The zero-order chi connectivity index (χ0) is 16.5. The molecule has 0 heterocycles. The number of amides is 1. The average Bonchev–Trinajstić information content (AvgIpc) is 2.61. The lowest BCUT2D eigenvalue weighted by Crippen LogP contribution is -2.26. The smallest absolute Gasteiger partial charge is 0.221 e. The molecule has 2 N–H and O–H groups in total. The van der Waals surface area contributed by atoms with Crippen LogP contribution >= 0.6 is 0 Å². The Morgan fingerprint density at radius 3 is 2.26 bits per heavy atom. The van der Waals surface area contributed by atoms with E-state index in [1.165, 1.54) is 5.69 Å². The largest absolute Gasteiger partial charge is 0.352 e. The second-order valence-electron chi connectivity index (χ2n) is 5.38. The molecular formula is C19H25N3O. The molecule has 0 aromatic heterocycles. The summed E-state index contributed by atoms with van der Waals surface area (Å²) in [6, 6.07) is 18.7. The molecule has 1 amide bonds. The summed E-state index contributed by atoms with van der Waals surface area (Å²) in [7, 11) is 1.85. The number of anilines is 2. The Kier molecular flexibility index (Phi) is 6.63. The van der Waals surface area contributed by atoms with Gasteiger partial charge in [-0.2, -0.15) is 0 Å². The number of carbonyl (C=O) groups excluding carboxylic acids is 1. The summed E-state index contributed by atoms with van der Waals surface area (Å²) >= 11 is 0. The Labute approximate surface area is 138 Å². The molecule has 0 fully saturated rings. The van der Waals surface area contributed by atoms with Crippen molar-refractivity contribution in [1.29, 1.82) is 0 Å². The number of para-hydroxylation sites is 1. The first-order valence-corrected chi connectivity index (χ1v) is 8.07. The predicted molar refractivity (Wildman–Crippen MR) is 96.0 cm³/mol. The summed E-state index contributed by atoms with van der Waals surface area (Å²) in [4.78, 5) is 13.9. The molecule has 0 radical (unpaired) electrons. The van der Waals surface area contributed by atoms with Crippen LogP contribution in [0.1, 0.15) is 18.9 Å². The van der Waals surface area contributed by atoms with Crippen LogP contribution < -0.4 is 15.5 Å². The van der Waals surface area contributed by atoms with Crippen LogP contribution in [-0.2, 0) is 11.3 Å². The lowest BCUT2D eigenvalue weighted by molar-refractivity contribution is -0.121. The maximum Gasteiger partial charge on any atom is 0.221 e. The minimum absolute atomic E-state index is 0.0721. The van der Waals surface area contributed by atoms with Gasteiger partial charge in [-0.05, 0) is 43.8 Å². The van der Waals surface area contributed by atoms with E-state index in [2.05, 4.69) is 58.9 Å². The molecule has 23 heavy (non-hydrogen) atoms. The van der Waals surface area contributed by atoms with Crippen molar-refractivity contribution in [2.45, 2.75) is 19.9 Å². The van der Waals surface area contributed by atoms with Crippen LogP contribution in [0.15, 0.2) is 54.6 Å². The van der Waals surface area contributed by atoms with Crippen molar-refractivity contribution in [2.24, 2.45) is 0 Å². The maximum atomic E-state index is 11.6. The highest BCUT2D eigenvalue weighted by molar-refractivity contribution is 5.76. The molecular weight excluding hydrogens is 286 g/mol. The highest BCUT2D eigenvalue weighted by Gasteiger charge is 2.07. The minimum atomic E-state index is 0.0721. The maximum absolute atomic E-state index is 11.6. The Hall–Kier alpha value is -2.33. The third kappa shape index (κ3) is 5.11. The zero-order valence-electron chi connectivity index (χ0n) is 13.9. The SMILES string of the molecule is CCN(c1ccccc1)c1ccc(CNC(=O)CCNC)cc1. The number of rotatable bonds is 8. The van der Waals surface area contributed by atoms with Crippen LogP contribution in [0.25, 0.3) is 0 Å². The summed E-state index contributed by atoms with van der Waals surface area (Å²) in [5.74, 6) is 0.0721. The molecule has 0 aliphatic carbocycles. The van der Waals surface area contributed by atoms with Gasteiger partial charge in [-0.1, -0.05) is 30.3 Å². The fourth-order valence-corrected chi connectivity index (χ4v) is 2.44. The van der Waals surface area contributed by atoms with Crippen LogP contribution in [0.2, 0.25) is 0 Å². The molecule has 0 bridgehead atoms. The van der Waals surface area contributed by atoms with Crippen molar-refractivity contribution in [3.8, 4) is 0 Å². The van der Waals surface area contributed by atoms with Crippen molar-refractivity contribution in [3.05, 3.63) is 60.2 Å². The minimum Gasteiger partial charge on any atom is -0.352 e. The highest BCUT2D eigenvalue weighted by Crippen LogP contribution is 2.24. The molecule has 0 spiro atoms. The number of hydrogen-bond acceptors (Lipinski definition) is 3. The van der Waals surface area contributed by atoms with Crippen molar-refractivity contribution in [2.75, 3.05) is 25.0 Å². The average molecular weight is 311 g/mol. The van der Waals surface area contributed by atoms with Crippen molar-refractivity contribution >= 4 is 17.3 Å². The van der Waals surface area contributed by atoms with Crippen LogP contribution in [0.3, 0.4) is 0 Å². The number of nitrogens with zero attached hydrogens (tertiary/aromatic N) is 1. The van der Waals surface area contributed by atoms with Crippen LogP contribution in [0.5, 0.6) is 0 Å². The Morgan fingerprint density at radius 1 is 1.00 bits per heavy atom. The first-order valence-electron chi connectivity index (χ1n) is 8.07. The van der Waals surface area contributed by atoms with E-state index >= 15 is 0 Å². The standard InChI is InChI=1S/C19H25N3O/c1-3-22(17-7-5-4-6-8-17)18-11-9-16(10-12-18)15-21-19(23)13-14-20-2/h4-12,20H,3,13-15H2,1-2H3,(H,21,23). The number of hydrogen-bond donors (Lipinski definition) is 2. The summed E-state index contributed by atoms with van der Waals surface area (Å²) in [6.07, 6.45) is 0.506. The van der Waals surface area contributed by atoms with E-state index in [4.69, 9.17) is 0 Å². The molecule has 0 saturated heterocycles. The summed E-state index contributed by atoms with van der Waals surface area (Å²) in [6.45, 7) is 4.32. The molecule has 2 rings (SSSR count). The van der Waals surface area contributed by atoms with E-state index in [9.17, 15) is 4.79 Å². The van der Waals surface area contributed by atoms with E-state index in [-0.39, 0.29) is 5.91 Å². The van der Waals surface area contributed by atoms with Crippen molar-refractivity contribution in [1.82, 2.24) is 10.6 Å². The van der Waals surface area contributed by atoms with Gasteiger partial charge in [0.2, 0.25) is 5.91 Å². The molecule has 2 aromatic carbocycles. The van der Waals surface area contributed by atoms with E-state index in [0.29, 0.717) is 19.5 Å². The summed E-state index contributed by atoms with van der Waals surface area (Å²) < 4.78 is 0. The van der Waals surface area contributed by atoms with E-state index < -0.39 is 0 Å². The van der Waals surface area contributed by atoms with Crippen LogP contribution in [0, 0.1) is 0 Å². The molecule has 4 nitrogen and oxygen atoms in total. The van der Waals surface area contributed by atoms with E-state index in [0.717, 1.165) is 17.8 Å². The van der Waals surface area contributed by atoms with Gasteiger partial charge in [0.1, 0.15) is 0 Å². The fourth-order valence-electron chi connectivity index (χ4n) is 2.44. The van der Waals surface area contributed by atoms with Crippen LogP contribution in [0.4, 0.5) is 11.4 Å². The number of carbonyl (C=O) groups is 1. The second kappa shape index (κ2) is 8.96. The molecule has 122 valence electrons. The fraction of sp³-hybridized carbons (Fsp3) is 0.316. The molecule has 0 saturated carbocycles. The molecule has 2 aromatic rings. The van der Waals surface area contributed by atoms with Gasteiger partial charge >= 0.3 is 0 Å². The van der Waals surface area contributed by atoms with Crippen molar-refractivity contribution < 1.29 is 4.79 Å². The molecule has 0 unspecified atom stereocenters. The van der Waals surface area contributed by atoms with E-state index in [1.54, 1.807) is 0 Å². The second-order valence-corrected chi connectivity index (χ2v) is 5.38. The van der Waals surface area contributed by atoms with Gasteiger partial charge in [-0.3, -0.25) is 4.79 Å². The topological polar surface area (TPSA) is 44.4 Å². The zero-order valence-corrected chi connectivity index (χ0v) is 13.9. The third-order valence-corrected chi connectivity index (χ3v) is 3.72. The molecule has 0 aliphatic rings. The quantitative estimate of drug-likeness (QED) is 0.787. The normalized spacial score (nSPS) is 10.3. The van der Waals surface area contributed by atoms with Crippen molar-refractivity contribution in [3.63, 3.8) is 0 Å². The summed E-state index contributed by atoms with van der Waals surface area (Å²) in [5, 5.41) is 5.91. The van der Waals surface area contributed by atoms with Gasteiger partial charge in [0.25, 0.3) is 0 Å². The first-order chi connectivity index (χ1) is 11.2. The Bertz CT molecular complexity index is 596. The highest BCUT2D eigenvalue weighted by atomic mass is 16.1. The van der Waals surface area contributed by atoms with Gasteiger partial charge in [-0.15, -0.1) is 0 Å². The van der Waals surface area contributed by atoms with Gasteiger partial charge in [-0.25, -0.2) is 0 Å². The molecule has 0 aliphatic heterocycles. The van der Waals surface area contributed by atoms with Gasteiger partial charge in [0.15, 0.2) is 0 Å². The monoisotopic (exact) mass is 311 g/mol. The third-order valence-electron chi connectivity index (χ3n) is 3.72. The van der Waals surface area contributed by atoms with E-state index in [1.807, 2.05) is 25.2 Å². The Morgan fingerprint density at radius 2 is 1.65 bits per heavy atom. The number of nitrogens with one attached hydrogen (secondary N) is 2. The first kappa shape index (κ1) is 17.0. The van der Waals surface area contributed by atoms with Gasteiger partial charge in [0.05, 0.1) is 0 Å². The Balaban J connectivity index is 1.97. The lowest BCUT2D eigenvalue weighted by Gasteiger charge is -2.23. The van der Waals surface area contributed by atoms with Crippen LogP contribution in [-0.4, -0.2) is 26.0 Å².